The molecular formula is C57H73N11O7S. The van der Waals surface area contributed by atoms with E-state index >= 15 is 0 Å². The molecule has 6 heterocycles. The highest BCUT2D eigenvalue weighted by molar-refractivity contribution is 7.13. The Morgan fingerprint density at radius 2 is 1.62 bits per heavy atom. The molecule has 18 nitrogen and oxygen atoms in total. The molecule has 19 heteroatoms. The van der Waals surface area contributed by atoms with Crippen LogP contribution in [0.15, 0.2) is 84.4 Å². The van der Waals surface area contributed by atoms with Crippen molar-refractivity contribution < 1.29 is 34.1 Å². The lowest BCUT2D eigenvalue weighted by Crippen LogP contribution is -2.57. The maximum absolute atomic E-state index is 14.1. The summed E-state index contributed by atoms with van der Waals surface area (Å²) in [5.41, 5.74) is 13.7. The van der Waals surface area contributed by atoms with Crippen molar-refractivity contribution in [3.05, 3.63) is 95.6 Å². The summed E-state index contributed by atoms with van der Waals surface area (Å²) in [6.07, 6.45) is 3.94. The Balaban J connectivity index is 0.662. The van der Waals surface area contributed by atoms with Gasteiger partial charge in [-0.2, -0.15) is 0 Å². The zero-order valence-corrected chi connectivity index (χ0v) is 45.0. The first-order valence-corrected chi connectivity index (χ1v) is 27.7. The Morgan fingerprint density at radius 3 is 2.33 bits per heavy atom. The number of β-amino-alcohol motifs (C(OH)–C–C–N with tert-alkyl or cyclic N) is 1. The van der Waals surface area contributed by atoms with E-state index in [-0.39, 0.29) is 49.4 Å². The van der Waals surface area contributed by atoms with Crippen molar-refractivity contribution in [2.75, 3.05) is 74.5 Å². The summed E-state index contributed by atoms with van der Waals surface area (Å²) in [5, 5.41) is 35.5. The highest BCUT2D eigenvalue weighted by Crippen LogP contribution is 2.40. The fourth-order valence-electron chi connectivity index (χ4n) is 11.1. The fraction of sp³-hybridized carbons (Fsp3) is 0.491. The molecule has 5 atom stereocenters. The van der Waals surface area contributed by atoms with Crippen LogP contribution in [0.4, 0.5) is 17.2 Å². The first kappa shape index (κ1) is 54.0. The van der Waals surface area contributed by atoms with E-state index in [1.54, 1.807) is 23.5 Å². The molecule has 3 aromatic carbocycles. The minimum atomic E-state index is -0.901. The van der Waals surface area contributed by atoms with Gasteiger partial charge in [0.2, 0.25) is 23.6 Å². The van der Waals surface area contributed by atoms with E-state index in [1.807, 2.05) is 86.6 Å². The number of aromatic nitrogens is 3. The average Bonchev–Trinajstić information content (AvgIpc) is 4.10. The number of nitrogens with one attached hydrogen (secondary N) is 2. The molecule has 4 amide bonds. The Kier molecular flexibility index (Phi) is 17.1. The predicted molar refractivity (Wildman–Crippen MR) is 295 cm³/mol. The molecule has 9 rings (SSSR count). The molecule has 4 aliphatic rings. The zero-order valence-electron chi connectivity index (χ0n) is 44.2. The van der Waals surface area contributed by atoms with Crippen molar-refractivity contribution in [2.24, 2.45) is 5.41 Å². The molecule has 6 N–H and O–H groups in total. The third-order valence-electron chi connectivity index (χ3n) is 15.3. The van der Waals surface area contributed by atoms with Crippen LogP contribution in [0.5, 0.6) is 11.5 Å². The number of ether oxygens (including phenoxy) is 1. The van der Waals surface area contributed by atoms with Crippen LogP contribution in [0, 0.1) is 12.3 Å². The summed E-state index contributed by atoms with van der Waals surface area (Å²) in [7, 11) is 0. The maximum Gasteiger partial charge on any atom is 0.246 e. The molecule has 2 bridgehead atoms. The van der Waals surface area contributed by atoms with Crippen LogP contribution in [0.3, 0.4) is 0 Å². The molecule has 2 unspecified atom stereocenters. The number of amides is 4. The number of carbonyl (C=O) groups excluding carboxylic acids is 4. The molecule has 404 valence electrons. The number of carbonyl (C=O) groups is 4. The third-order valence-corrected chi connectivity index (χ3v) is 16.3. The number of benzene rings is 3. The van der Waals surface area contributed by atoms with Gasteiger partial charge in [-0.1, -0.05) is 69.7 Å². The molecule has 0 spiro atoms. The van der Waals surface area contributed by atoms with Crippen molar-refractivity contribution in [1.29, 1.82) is 0 Å². The highest BCUT2D eigenvalue weighted by atomic mass is 32.1. The minimum Gasteiger partial charge on any atom is -0.507 e. The summed E-state index contributed by atoms with van der Waals surface area (Å²) >= 11 is 1.58. The minimum absolute atomic E-state index is 0.00702. The number of fused-ring (bicyclic) bond motifs is 2. The Labute approximate surface area is 449 Å². The fourth-order valence-corrected chi connectivity index (χ4v) is 12.0. The average molecular weight is 1060 g/mol. The Bertz CT molecular complexity index is 2820. The van der Waals surface area contributed by atoms with Crippen molar-refractivity contribution in [3.8, 4) is 33.2 Å². The second kappa shape index (κ2) is 24.0. The normalized spacial score (nSPS) is 20.2. The van der Waals surface area contributed by atoms with Crippen LogP contribution < -0.4 is 30.9 Å². The second-order valence-electron chi connectivity index (χ2n) is 21.8. The summed E-state index contributed by atoms with van der Waals surface area (Å²) in [6.45, 7) is 13.6. The monoisotopic (exact) mass is 1060 g/mol. The number of anilines is 3. The third kappa shape index (κ3) is 12.9. The van der Waals surface area contributed by atoms with Gasteiger partial charge in [0.25, 0.3) is 0 Å². The number of hydrogen-bond acceptors (Lipinski definition) is 15. The number of aryl methyl sites for hydroxylation is 1. The van der Waals surface area contributed by atoms with E-state index in [0.717, 1.165) is 84.4 Å². The number of rotatable bonds is 19. The Morgan fingerprint density at radius 1 is 0.882 bits per heavy atom. The number of hydrogen-bond donors (Lipinski definition) is 5. The number of para-hydroxylation sites is 1. The lowest BCUT2D eigenvalue weighted by Gasteiger charge is -2.43. The van der Waals surface area contributed by atoms with Crippen molar-refractivity contribution in [3.63, 3.8) is 0 Å². The number of nitrogens with zero attached hydrogens (tertiary/aromatic N) is 8. The van der Waals surface area contributed by atoms with Gasteiger partial charge in [0, 0.05) is 108 Å². The van der Waals surface area contributed by atoms with Crippen LogP contribution in [-0.4, -0.2) is 153 Å². The largest absolute Gasteiger partial charge is 0.507 e. The number of aromatic hydroxyl groups is 1. The number of aliphatic hydroxyl groups excluding tert-OH is 1. The maximum atomic E-state index is 14.1. The van der Waals surface area contributed by atoms with Gasteiger partial charge >= 0.3 is 0 Å². The van der Waals surface area contributed by atoms with Gasteiger partial charge in [-0.05, 0) is 79.5 Å². The lowest BCUT2D eigenvalue weighted by molar-refractivity contribution is -0.144. The topological polar surface area (TPSA) is 223 Å². The molecule has 4 fully saturated rings. The van der Waals surface area contributed by atoms with Gasteiger partial charge in [-0.3, -0.25) is 24.1 Å². The summed E-state index contributed by atoms with van der Waals surface area (Å²) in [6, 6.07) is 24.1. The van der Waals surface area contributed by atoms with Crippen molar-refractivity contribution in [1.82, 2.24) is 40.5 Å². The number of phenols is 1. The van der Waals surface area contributed by atoms with E-state index in [9.17, 15) is 29.4 Å². The zero-order chi connectivity index (χ0) is 53.5. The lowest BCUT2D eigenvalue weighted by atomic mass is 9.85. The van der Waals surface area contributed by atoms with E-state index in [4.69, 9.17) is 10.5 Å². The molecule has 0 aliphatic carbocycles. The van der Waals surface area contributed by atoms with Crippen molar-refractivity contribution >= 4 is 52.2 Å². The SMILES string of the molecule is Cc1ncsc1-c1ccc(CNC(=O)[C@@H]2C[C@@H](O)CN2C(=O)[C@H](NC(=O)CCCCCC(=O)N2CCN(CCOc3cccc(N4C5CCC4CN(c4cc(-c6ccccc6O)nnc4N)C5)c3)CC2)C(C)(C)C)cc1. The molecule has 4 aliphatic heterocycles. The van der Waals surface area contributed by atoms with Gasteiger partial charge in [-0.15, -0.1) is 21.5 Å². The van der Waals surface area contributed by atoms with Crippen LogP contribution in [0.25, 0.3) is 21.7 Å². The molecule has 2 aromatic heterocycles. The van der Waals surface area contributed by atoms with E-state index in [2.05, 4.69) is 58.7 Å². The first-order chi connectivity index (χ1) is 36.6. The van der Waals surface area contributed by atoms with Crippen molar-refractivity contribution in [2.45, 2.75) is 116 Å². The van der Waals surface area contributed by atoms with E-state index in [1.165, 1.54) is 4.90 Å². The number of phenolic OH excluding ortho intramolecular Hbond substituents is 1. The first-order valence-electron chi connectivity index (χ1n) is 26.8. The van der Waals surface area contributed by atoms with E-state index < -0.39 is 29.5 Å². The molecule has 0 saturated carbocycles. The summed E-state index contributed by atoms with van der Waals surface area (Å²) in [5.74, 6) is 0.474. The smallest absolute Gasteiger partial charge is 0.246 e. The molecule has 5 aromatic rings. The van der Waals surface area contributed by atoms with Gasteiger partial charge < -0.3 is 50.9 Å². The number of aliphatic hydroxyl groups is 1. The van der Waals surface area contributed by atoms with Gasteiger partial charge in [0.1, 0.15) is 30.2 Å². The molecule has 4 saturated heterocycles. The van der Waals surface area contributed by atoms with Crippen LogP contribution in [0.1, 0.15) is 83.4 Å². The summed E-state index contributed by atoms with van der Waals surface area (Å²) in [4.78, 5) is 70.0. The number of piperazine rings is 2. The molecule has 76 heavy (non-hydrogen) atoms. The van der Waals surface area contributed by atoms with Gasteiger partial charge in [0.15, 0.2) is 5.82 Å². The van der Waals surface area contributed by atoms with Crippen LogP contribution in [0.2, 0.25) is 0 Å². The quantitative estimate of drug-likeness (QED) is 0.0599. The standard InChI is InChI=1S/C57H73N11O7S/c1-37-52(76-36-60-37)39-19-17-38(18-20-39)32-59-55(73)48-30-43(69)35-67(48)56(74)53(57(2,3)4)61-50(71)15-6-5-7-16-51(72)65-25-23-64(24-26-65)27-28-75-44-12-10-11-40(29-44)68-41-21-22-42(68)34-66(33-41)47-31-46(62-63-54(47)58)45-13-8-9-14-49(45)70/h8-14,17-20,29,31,36,41-43,48,53,69-70H,5-7,15-16,21-28,30,32-35H2,1-4H3,(H2,58,63)(H,59,73)(H,61,71)/t41?,42?,43-,48+,53+/m1/s1. The van der Waals surface area contributed by atoms with E-state index in [0.29, 0.717) is 74.5 Å². The highest BCUT2D eigenvalue weighted by Gasteiger charge is 2.45. The number of unbranched alkanes of at least 4 members (excludes halogenated alkanes) is 2. The number of likely N-dealkylation sites (tertiary alicyclic amines) is 1. The molecule has 0 radical (unpaired) electrons. The molecular weight excluding hydrogens is 983 g/mol. The summed E-state index contributed by atoms with van der Waals surface area (Å²) < 4.78 is 6.31. The second-order valence-corrected chi connectivity index (χ2v) is 22.6. The Hall–Kier alpha value is -6.83. The number of nitrogens with two attached hydrogens (primary N) is 1. The van der Waals surface area contributed by atoms with Gasteiger partial charge in [-0.25, -0.2) is 4.98 Å². The van der Waals surface area contributed by atoms with Crippen LogP contribution in [-0.2, 0) is 25.7 Å². The van der Waals surface area contributed by atoms with Gasteiger partial charge in [0.05, 0.1) is 33.6 Å². The number of nitrogen functional groups attached to an aromatic ring is 1. The predicted octanol–water partition coefficient (Wildman–Crippen LogP) is 6.00. The van der Waals surface area contributed by atoms with Crippen LogP contribution >= 0.6 is 11.3 Å². The number of thiazole rings is 1.